The number of aromatic nitrogens is 3. The molecule has 0 radical (unpaired) electrons. The lowest BCUT2D eigenvalue weighted by atomic mass is 10.1. The predicted molar refractivity (Wildman–Crippen MR) is 118 cm³/mol. The van der Waals surface area contributed by atoms with Crippen LogP contribution in [-0.2, 0) is 13.5 Å². The number of nitrogens with one attached hydrogen (secondary N) is 1. The Morgan fingerprint density at radius 2 is 1.73 bits per heavy atom. The Bertz CT molecular complexity index is 1000. The van der Waals surface area contributed by atoms with Crippen LogP contribution in [0.2, 0.25) is 39.3 Å². The fraction of sp³-hybridized carbons (Fsp3) is 0.421. The second-order valence-electron chi connectivity index (χ2n) is 8.88. The number of nitrogens with zero attached hydrogens (tertiary/aromatic N) is 2. The standard InChI is InChI=1S/C19H29N3OSSi2/c1-21-18(23-26(5,6)7)16(20-19(21)24)12-14-13-22(25(2,3)4)17-11-9-8-10-15(14)17/h8-11,13H,12H2,1-7H3,(H,20,24). The maximum absolute atomic E-state index is 6.35. The molecule has 0 bridgehead atoms. The molecule has 0 atom stereocenters. The van der Waals surface area contributed by atoms with Crippen LogP contribution in [0.1, 0.15) is 11.3 Å². The molecule has 3 rings (SSSR count). The first-order valence-electron chi connectivity index (χ1n) is 9.04. The minimum Gasteiger partial charge on any atom is -0.531 e. The highest BCUT2D eigenvalue weighted by Crippen LogP contribution is 2.30. The number of aromatic amines is 1. The zero-order valence-corrected chi connectivity index (χ0v) is 19.6. The first kappa shape index (κ1) is 19.2. The number of hydrogen-bond acceptors (Lipinski definition) is 2. The second-order valence-corrected chi connectivity index (χ2v) is 18.5. The summed E-state index contributed by atoms with van der Waals surface area (Å²) in [6, 6.07) is 8.69. The number of rotatable bonds is 5. The average molecular weight is 404 g/mol. The van der Waals surface area contributed by atoms with Crippen LogP contribution in [0.15, 0.2) is 30.5 Å². The molecule has 0 saturated carbocycles. The molecule has 7 heteroatoms. The minimum atomic E-state index is -1.73. The molecular formula is C19H29N3OSSi2. The molecule has 140 valence electrons. The molecule has 26 heavy (non-hydrogen) atoms. The molecular weight excluding hydrogens is 374 g/mol. The zero-order chi connectivity index (χ0) is 19.3. The summed E-state index contributed by atoms with van der Waals surface area (Å²) < 4.78 is 11.5. The van der Waals surface area contributed by atoms with Gasteiger partial charge in [-0.25, -0.2) is 0 Å². The van der Waals surface area contributed by atoms with Gasteiger partial charge < -0.3 is 13.6 Å². The fourth-order valence-electron chi connectivity index (χ4n) is 3.24. The summed E-state index contributed by atoms with van der Waals surface area (Å²) >= 11 is 5.47. The van der Waals surface area contributed by atoms with E-state index in [-0.39, 0.29) is 0 Å². The molecule has 0 fully saturated rings. The molecule has 0 aliphatic heterocycles. The van der Waals surface area contributed by atoms with Gasteiger partial charge in [0, 0.05) is 24.4 Å². The van der Waals surface area contributed by atoms with Crippen molar-refractivity contribution in [2.24, 2.45) is 7.05 Å². The Hall–Kier alpha value is -1.58. The largest absolute Gasteiger partial charge is 0.531 e. The molecule has 1 aromatic carbocycles. The molecule has 2 aromatic heterocycles. The first-order chi connectivity index (χ1) is 12.0. The van der Waals surface area contributed by atoms with Gasteiger partial charge in [-0.15, -0.1) is 0 Å². The van der Waals surface area contributed by atoms with Crippen molar-refractivity contribution < 1.29 is 4.43 Å². The van der Waals surface area contributed by atoms with Gasteiger partial charge >= 0.3 is 0 Å². The molecule has 0 saturated heterocycles. The molecule has 2 heterocycles. The van der Waals surface area contributed by atoms with Crippen LogP contribution in [0.4, 0.5) is 0 Å². The summed E-state index contributed by atoms with van der Waals surface area (Å²) in [5.41, 5.74) is 3.71. The summed E-state index contributed by atoms with van der Waals surface area (Å²) in [6.07, 6.45) is 3.13. The van der Waals surface area contributed by atoms with Crippen molar-refractivity contribution >= 4 is 39.7 Å². The quantitative estimate of drug-likeness (QED) is 0.449. The van der Waals surface area contributed by atoms with Gasteiger partial charge in [-0.1, -0.05) is 37.8 Å². The maximum Gasteiger partial charge on any atom is 0.244 e. The van der Waals surface area contributed by atoms with E-state index in [2.05, 4.69) is 79.0 Å². The van der Waals surface area contributed by atoms with Crippen molar-refractivity contribution in [1.82, 2.24) is 13.8 Å². The molecule has 0 unspecified atom stereocenters. The molecule has 0 aliphatic rings. The topological polar surface area (TPSA) is 34.9 Å². The van der Waals surface area contributed by atoms with Gasteiger partial charge in [-0.2, -0.15) is 0 Å². The Kier molecular flexibility index (Phi) is 4.83. The van der Waals surface area contributed by atoms with Crippen molar-refractivity contribution in [3.8, 4) is 5.88 Å². The number of imidazole rings is 1. The number of H-pyrrole nitrogens is 1. The number of hydrogen-bond donors (Lipinski definition) is 1. The summed E-state index contributed by atoms with van der Waals surface area (Å²) in [6.45, 7) is 13.7. The van der Waals surface area contributed by atoms with E-state index in [1.807, 2.05) is 11.6 Å². The summed E-state index contributed by atoms with van der Waals surface area (Å²) in [5, 5.41) is 1.32. The van der Waals surface area contributed by atoms with Crippen LogP contribution >= 0.6 is 12.2 Å². The molecule has 0 spiro atoms. The van der Waals surface area contributed by atoms with Crippen LogP contribution in [-0.4, -0.2) is 30.3 Å². The highest BCUT2D eigenvalue weighted by Gasteiger charge is 2.24. The van der Waals surface area contributed by atoms with Gasteiger partial charge in [0.05, 0.1) is 5.69 Å². The normalized spacial score (nSPS) is 12.7. The Morgan fingerprint density at radius 1 is 1.08 bits per heavy atom. The van der Waals surface area contributed by atoms with Gasteiger partial charge in [0.15, 0.2) is 13.0 Å². The maximum atomic E-state index is 6.35. The van der Waals surface area contributed by atoms with Crippen molar-refractivity contribution in [2.45, 2.75) is 45.7 Å². The van der Waals surface area contributed by atoms with Crippen LogP contribution in [0, 0.1) is 4.77 Å². The molecule has 3 aromatic rings. The monoisotopic (exact) mass is 403 g/mol. The van der Waals surface area contributed by atoms with E-state index in [9.17, 15) is 0 Å². The van der Waals surface area contributed by atoms with Crippen molar-refractivity contribution in [2.75, 3.05) is 0 Å². The summed E-state index contributed by atoms with van der Waals surface area (Å²) in [5.74, 6) is 0.888. The summed E-state index contributed by atoms with van der Waals surface area (Å²) in [4.78, 5) is 3.37. The van der Waals surface area contributed by atoms with Crippen molar-refractivity contribution in [3.63, 3.8) is 0 Å². The average Bonchev–Trinajstić information content (AvgIpc) is 3.00. The smallest absolute Gasteiger partial charge is 0.244 e. The molecule has 1 N–H and O–H groups in total. The van der Waals surface area contributed by atoms with Gasteiger partial charge in [-0.3, -0.25) is 4.57 Å². The van der Waals surface area contributed by atoms with E-state index >= 15 is 0 Å². The minimum absolute atomic E-state index is 0.710. The third-order valence-corrected chi connectivity index (χ3v) is 7.41. The van der Waals surface area contributed by atoms with Gasteiger partial charge in [0.1, 0.15) is 0 Å². The van der Waals surface area contributed by atoms with Crippen LogP contribution < -0.4 is 4.43 Å². The lowest BCUT2D eigenvalue weighted by Gasteiger charge is -2.20. The van der Waals surface area contributed by atoms with Crippen LogP contribution in [0.25, 0.3) is 10.9 Å². The molecule has 0 amide bonds. The van der Waals surface area contributed by atoms with Crippen LogP contribution in [0.5, 0.6) is 5.88 Å². The second kappa shape index (κ2) is 6.54. The van der Waals surface area contributed by atoms with E-state index in [4.69, 9.17) is 16.6 Å². The van der Waals surface area contributed by atoms with Gasteiger partial charge in [0.2, 0.25) is 14.2 Å². The number of fused-ring (bicyclic) bond motifs is 1. The molecule has 0 aliphatic carbocycles. The van der Waals surface area contributed by atoms with Crippen LogP contribution in [0.3, 0.4) is 0 Å². The SMILES string of the molecule is Cn1c(O[Si](C)(C)C)c(Cc2cn([Si](C)(C)C)c3ccccc23)[nH]c1=S. The van der Waals surface area contributed by atoms with Crippen molar-refractivity contribution in [3.05, 3.63) is 46.5 Å². The number of para-hydroxylation sites is 1. The Labute approximate surface area is 163 Å². The van der Waals surface area contributed by atoms with E-state index in [1.165, 1.54) is 16.5 Å². The number of benzene rings is 1. The van der Waals surface area contributed by atoms with Gasteiger partial charge in [-0.05, 0) is 49.7 Å². The zero-order valence-electron chi connectivity index (χ0n) is 16.8. The van der Waals surface area contributed by atoms with E-state index in [1.54, 1.807) is 0 Å². The van der Waals surface area contributed by atoms with E-state index < -0.39 is 16.6 Å². The van der Waals surface area contributed by atoms with E-state index in [0.29, 0.717) is 4.77 Å². The predicted octanol–water partition coefficient (Wildman–Crippen LogP) is 5.52. The lowest BCUT2D eigenvalue weighted by Crippen LogP contribution is -2.31. The summed E-state index contributed by atoms with van der Waals surface area (Å²) in [7, 11) is -1.25. The van der Waals surface area contributed by atoms with Gasteiger partial charge in [0.25, 0.3) is 0 Å². The first-order valence-corrected chi connectivity index (χ1v) is 16.3. The van der Waals surface area contributed by atoms with E-state index in [0.717, 1.165) is 18.0 Å². The lowest BCUT2D eigenvalue weighted by molar-refractivity contribution is 0.501. The fourth-order valence-corrected chi connectivity index (χ4v) is 5.74. The molecule has 4 nitrogen and oxygen atoms in total. The van der Waals surface area contributed by atoms with Crippen molar-refractivity contribution in [1.29, 1.82) is 0 Å². The Morgan fingerprint density at radius 3 is 2.35 bits per heavy atom. The Balaban J connectivity index is 2.11. The highest BCUT2D eigenvalue weighted by atomic mass is 32.1. The third-order valence-electron chi connectivity index (χ3n) is 4.41. The highest BCUT2D eigenvalue weighted by molar-refractivity contribution is 7.71. The third kappa shape index (κ3) is 3.74.